The quantitative estimate of drug-likeness (QED) is 0.816. The summed E-state index contributed by atoms with van der Waals surface area (Å²) in [6, 6.07) is 11.1. The van der Waals surface area contributed by atoms with Crippen LogP contribution >= 0.6 is 0 Å². The molecule has 2 aromatic carbocycles. The van der Waals surface area contributed by atoms with Crippen molar-refractivity contribution in [2.45, 2.75) is 18.8 Å². The van der Waals surface area contributed by atoms with E-state index >= 15 is 0 Å². The van der Waals surface area contributed by atoms with Gasteiger partial charge in [-0.05, 0) is 36.2 Å². The molecule has 2 amide bonds. The molecule has 136 valence electrons. The molecular weight excluding hydrogens is 345 g/mol. The van der Waals surface area contributed by atoms with Crippen LogP contribution in [0.5, 0.6) is 0 Å². The highest BCUT2D eigenvalue weighted by atomic mass is 19.3. The van der Waals surface area contributed by atoms with E-state index in [1.54, 1.807) is 6.07 Å². The fourth-order valence-electron chi connectivity index (χ4n) is 3.18. The van der Waals surface area contributed by atoms with Crippen molar-refractivity contribution in [2.75, 3.05) is 11.9 Å². The molecule has 2 N–H and O–H groups in total. The van der Waals surface area contributed by atoms with Crippen LogP contribution in [0.1, 0.15) is 29.9 Å². The molecule has 2 atom stereocenters. The molecule has 4 nitrogen and oxygen atoms in total. The van der Waals surface area contributed by atoms with Crippen LogP contribution in [0.2, 0.25) is 0 Å². The lowest BCUT2D eigenvalue weighted by Crippen LogP contribution is -2.46. The second-order valence-electron chi connectivity index (χ2n) is 6.13. The minimum Gasteiger partial charge on any atom is -0.355 e. The third kappa shape index (κ3) is 3.87. The standard InChI is InChI=1S/C19H17F3N2O2/c20-13-5-2-6-14(10-13)24-19(26)16-15(7-8-23-18(16)25)11-3-1-4-12(9-11)17(21)22/h1-6,9-10,15-17H,7-8H2,(H,23,25)(H,24,26). The van der Waals surface area contributed by atoms with Crippen LogP contribution in [0, 0.1) is 11.7 Å². The Morgan fingerprint density at radius 2 is 1.92 bits per heavy atom. The number of nitrogens with one attached hydrogen (secondary N) is 2. The predicted octanol–water partition coefficient (Wildman–Crippen LogP) is 3.62. The van der Waals surface area contributed by atoms with Gasteiger partial charge in [0.05, 0.1) is 0 Å². The third-order valence-electron chi connectivity index (χ3n) is 4.40. The number of benzene rings is 2. The highest BCUT2D eigenvalue weighted by molar-refractivity contribution is 6.07. The van der Waals surface area contributed by atoms with Crippen LogP contribution in [0.4, 0.5) is 18.9 Å². The van der Waals surface area contributed by atoms with Crippen LogP contribution in [0.3, 0.4) is 0 Å². The topological polar surface area (TPSA) is 58.2 Å². The lowest BCUT2D eigenvalue weighted by atomic mass is 9.79. The van der Waals surface area contributed by atoms with Gasteiger partial charge in [0.25, 0.3) is 6.43 Å². The Morgan fingerprint density at radius 1 is 1.15 bits per heavy atom. The van der Waals surface area contributed by atoms with Gasteiger partial charge in [0.15, 0.2) is 0 Å². The maximum Gasteiger partial charge on any atom is 0.263 e. The van der Waals surface area contributed by atoms with E-state index in [0.29, 0.717) is 18.5 Å². The predicted molar refractivity (Wildman–Crippen MR) is 90.3 cm³/mol. The fraction of sp³-hybridized carbons (Fsp3) is 0.263. The van der Waals surface area contributed by atoms with Gasteiger partial charge < -0.3 is 10.6 Å². The first kappa shape index (κ1) is 18.0. The first-order valence-corrected chi connectivity index (χ1v) is 8.18. The van der Waals surface area contributed by atoms with Crippen LogP contribution < -0.4 is 10.6 Å². The zero-order valence-corrected chi connectivity index (χ0v) is 13.7. The Morgan fingerprint density at radius 3 is 2.65 bits per heavy atom. The van der Waals surface area contributed by atoms with Gasteiger partial charge in [-0.25, -0.2) is 13.2 Å². The van der Waals surface area contributed by atoms with Crippen molar-refractivity contribution >= 4 is 17.5 Å². The molecule has 0 saturated carbocycles. The molecule has 2 unspecified atom stereocenters. The highest BCUT2D eigenvalue weighted by Crippen LogP contribution is 2.34. The zero-order valence-electron chi connectivity index (χ0n) is 13.7. The summed E-state index contributed by atoms with van der Waals surface area (Å²) in [5.41, 5.74) is 0.586. The summed E-state index contributed by atoms with van der Waals surface area (Å²) in [5, 5.41) is 5.16. The summed E-state index contributed by atoms with van der Waals surface area (Å²) in [7, 11) is 0. The number of carbonyl (C=O) groups is 2. The van der Waals surface area contributed by atoms with Gasteiger partial charge >= 0.3 is 0 Å². The van der Waals surface area contributed by atoms with E-state index in [1.807, 2.05) is 0 Å². The molecular formula is C19H17F3N2O2. The largest absolute Gasteiger partial charge is 0.355 e. The second kappa shape index (κ2) is 7.59. The molecule has 2 aromatic rings. The van der Waals surface area contributed by atoms with Gasteiger partial charge in [0.1, 0.15) is 11.7 Å². The molecule has 7 heteroatoms. The second-order valence-corrected chi connectivity index (χ2v) is 6.13. The van der Waals surface area contributed by atoms with Crippen molar-refractivity contribution in [3.63, 3.8) is 0 Å². The molecule has 0 spiro atoms. The third-order valence-corrected chi connectivity index (χ3v) is 4.40. The van der Waals surface area contributed by atoms with Crippen molar-refractivity contribution in [1.82, 2.24) is 5.32 Å². The van der Waals surface area contributed by atoms with Crippen LogP contribution in [-0.4, -0.2) is 18.4 Å². The fourth-order valence-corrected chi connectivity index (χ4v) is 3.18. The van der Waals surface area contributed by atoms with Crippen molar-refractivity contribution in [2.24, 2.45) is 5.92 Å². The summed E-state index contributed by atoms with van der Waals surface area (Å²) in [4.78, 5) is 25.0. The Kier molecular flexibility index (Phi) is 5.25. The molecule has 1 aliphatic rings. The smallest absolute Gasteiger partial charge is 0.263 e. The van der Waals surface area contributed by atoms with Gasteiger partial charge in [-0.15, -0.1) is 0 Å². The average Bonchev–Trinajstić information content (AvgIpc) is 2.61. The number of anilines is 1. The molecule has 1 saturated heterocycles. The molecule has 26 heavy (non-hydrogen) atoms. The normalized spacial score (nSPS) is 19.9. The summed E-state index contributed by atoms with van der Waals surface area (Å²) < 4.78 is 39.3. The molecule has 0 radical (unpaired) electrons. The van der Waals surface area contributed by atoms with Gasteiger partial charge in [-0.1, -0.05) is 24.3 Å². The Labute approximate surface area is 148 Å². The molecule has 0 aromatic heterocycles. The first-order valence-electron chi connectivity index (χ1n) is 8.18. The Hall–Kier alpha value is -2.83. The maximum absolute atomic E-state index is 13.3. The number of rotatable bonds is 4. The monoisotopic (exact) mass is 362 g/mol. The Bertz CT molecular complexity index is 826. The summed E-state index contributed by atoms with van der Waals surface area (Å²) >= 11 is 0. The average molecular weight is 362 g/mol. The van der Waals surface area contributed by atoms with Crippen LogP contribution in [-0.2, 0) is 9.59 Å². The highest BCUT2D eigenvalue weighted by Gasteiger charge is 2.38. The van der Waals surface area contributed by atoms with Crippen molar-refractivity contribution in [3.05, 3.63) is 65.5 Å². The maximum atomic E-state index is 13.3. The van der Waals surface area contributed by atoms with E-state index in [2.05, 4.69) is 10.6 Å². The number of halogens is 3. The summed E-state index contributed by atoms with van der Waals surface area (Å²) in [6.45, 7) is 0.353. The Balaban J connectivity index is 1.87. The van der Waals surface area contributed by atoms with E-state index in [1.165, 1.54) is 36.4 Å². The lowest BCUT2D eigenvalue weighted by Gasteiger charge is -2.30. The van der Waals surface area contributed by atoms with Gasteiger partial charge in [-0.3, -0.25) is 9.59 Å². The SMILES string of the molecule is O=C1NCCC(c2cccc(C(F)F)c2)C1C(=O)Nc1cccc(F)c1. The minimum absolute atomic E-state index is 0.155. The number of alkyl halides is 2. The van der Waals surface area contributed by atoms with E-state index in [-0.39, 0.29) is 11.3 Å². The van der Waals surface area contributed by atoms with Gasteiger partial charge in [0, 0.05) is 23.7 Å². The molecule has 3 rings (SSSR count). The van der Waals surface area contributed by atoms with Gasteiger partial charge in [0.2, 0.25) is 11.8 Å². The minimum atomic E-state index is -2.63. The molecule has 1 aliphatic heterocycles. The van der Waals surface area contributed by atoms with Crippen molar-refractivity contribution in [3.8, 4) is 0 Å². The first-order chi connectivity index (χ1) is 12.5. The number of piperidine rings is 1. The van der Waals surface area contributed by atoms with E-state index in [4.69, 9.17) is 0 Å². The molecule has 1 heterocycles. The summed E-state index contributed by atoms with van der Waals surface area (Å²) in [5.74, 6) is -3.20. The number of amides is 2. The van der Waals surface area contributed by atoms with Crippen molar-refractivity contribution < 1.29 is 22.8 Å². The zero-order chi connectivity index (χ0) is 18.7. The number of hydrogen-bond acceptors (Lipinski definition) is 2. The van der Waals surface area contributed by atoms with E-state index in [0.717, 1.165) is 6.07 Å². The van der Waals surface area contributed by atoms with E-state index < -0.39 is 35.9 Å². The van der Waals surface area contributed by atoms with Gasteiger partial charge in [-0.2, -0.15) is 0 Å². The van der Waals surface area contributed by atoms with E-state index in [9.17, 15) is 22.8 Å². The van der Waals surface area contributed by atoms with Crippen molar-refractivity contribution in [1.29, 1.82) is 0 Å². The number of carbonyl (C=O) groups excluding carboxylic acids is 2. The summed E-state index contributed by atoms with van der Waals surface area (Å²) in [6.07, 6.45) is -2.19. The molecule has 0 bridgehead atoms. The lowest BCUT2D eigenvalue weighted by molar-refractivity contribution is -0.135. The number of hydrogen-bond donors (Lipinski definition) is 2. The van der Waals surface area contributed by atoms with Crippen LogP contribution in [0.25, 0.3) is 0 Å². The van der Waals surface area contributed by atoms with Crippen LogP contribution in [0.15, 0.2) is 48.5 Å². The molecule has 1 fully saturated rings. The molecule has 0 aliphatic carbocycles.